The van der Waals surface area contributed by atoms with Crippen LogP contribution in [0.3, 0.4) is 0 Å². The largest absolute Gasteiger partial charge is 0.494 e. The first-order chi connectivity index (χ1) is 15.7. The molecule has 0 bridgehead atoms. The fraction of sp³-hybridized carbons (Fsp3) is 0.391. The van der Waals surface area contributed by atoms with E-state index in [-0.39, 0.29) is 28.0 Å². The summed E-state index contributed by atoms with van der Waals surface area (Å²) < 4.78 is 38.4. The van der Waals surface area contributed by atoms with Crippen molar-refractivity contribution in [2.24, 2.45) is 5.92 Å². The van der Waals surface area contributed by atoms with Gasteiger partial charge in [-0.1, -0.05) is 0 Å². The number of hydrogen-bond donors (Lipinski definition) is 2. The average Bonchev–Trinajstić information content (AvgIpc) is 2.80. The highest BCUT2D eigenvalue weighted by molar-refractivity contribution is 7.92. The molecule has 9 nitrogen and oxygen atoms in total. The van der Waals surface area contributed by atoms with Gasteiger partial charge in [0.2, 0.25) is 0 Å². The molecular formula is C23H28N2O7S. The molecule has 0 amide bonds. The van der Waals surface area contributed by atoms with Crippen molar-refractivity contribution < 1.29 is 32.6 Å². The van der Waals surface area contributed by atoms with Gasteiger partial charge in [-0.2, -0.15) is 0 Å². The molecule has 178 valence electrons. The molecule has 10 heteroatoms. The van der Waals surface area contributed by atoms with Crippen molar-refractivity contribution in [1.82, 2.24) is 0 Å². The number of sulfonamides is 1. The summed E-state index contributed by atoms with van der Waals surface area (Å²) in [5.41, 5.74) is 0.379. The van der Waals surface area contributed by atoms with Crippen LogP contribution in [0.4, 0.5) is 11.4 Å². The van der Waals surface area contributed by atoms with Gasteiger partial charge >= 0.3 is 11.9 Å². The Balaban J connectivity index is 1.82. The average molecular weight is 477 g/mol. The zero-order valence-corrected chi connectivity index (χ0v) is 19.4. The third-order valence-corrected chi connectivity index (χ3v) is 6.71. The molecule has 3 rings (SSSR count). The van der Waals surface area contributed by atoms with Crippen LogP contribution in [-0.4, -0.2) is 51.8 Å². The van der Waals surface area contributed by atoms with E-state index >= 15 is 0 Å². The molecule has 0 radical (unpaired) electrons. The van der Waals surface area contributed by atoms with E-state index in [2.05, 4.69) is 4.72 Å². The fourth-order valence-electron chi connectivity index (χ4n) is 3.74. The van der Waals surface area contributed by atoms with Crippen LogP contribution in [0.25, 0.3) is 0 Å². The Morgan fingerprint density at radius 3 is 2.48 bits per heavy atom. The minimum Gasteiger partial charge on any atom is -0.494 e. The zero-order chi connectivity index (χ0) is 24.0. The quantitative estimate of drug-likeness (QED) is 0.528. The second kappa shape index (κ2) is 10.6. The topological polar surface area (TPSA) is 122 Å². The van der Waals surface area contributed by atoms with E-state index in [4.69, 9.17) is 9.47 Å². The number of nitrogens with one attached hydrogen (secondary N) is 1. The van der Waals surface area contributed by atoms with Gasteiger partial charge in [0.1, 0.15) is 5.75 Å². The number of carbonyl (C=O) groups is 2. The Morgan fingerprint density at radius 1 is 1.12 bits per heavy atom. The lowest BCUT2D eigenvalue weighted by Crippen LogP contribution is -2.39. The molecule has 2 N–H and O–H groups in total. The van der Waals surface area contributed by atoms with Gasteiger partial charge in [-0.25, -0.2) is 13.2 Å². The predicted molar refractivity (Wildman–Crippen MR) is 123 cm³/mol. The summed E-state index contributed by atoms with van der Waals surface area (Å²) in [5.74, 6) is -1.28. The Kier molecular flexibility index (Phi) is 7.80. The monoisotopic (exact) mass is 476 g/mol. The molecular weight excluding hydrogens is 448 g/mol. The maximum Gasteiger partial charge on any atom is 0.337 e. The number of nitrogens with zero attached hydrogens (tertiary/aromatic N) is 1. The minimum atomic E-state index is -4.01. The Bertz CT molecular complexity index is 1100. The number of carboxylic acids is 1. The highest BCUT2D eigenvalue weighted by Crippen LogP contribution is 2.29. The summed E-state index contributed by atoms with van der Waals surface area (Å²) >= 11 is 0. The van der Waals surface area contributed by atoms with E-state index in [1.165, 1.54) is 36.4 Å². The van der Waals surface area contributed by atoms with Gasteiger partial charge in [-0.05, 0) is 69.2 Å². The Hall–Kier alpha value is -3.27. The summed E-state index contributed by atoms with van der Waals surface area (Å²) in [6.07, 6.45) is 1.47. The van der Waals surface area contributed by atoms with Crippen LogP contribution < -0.4 is 14.4 Å². The summed E-state index contributed by atoms with van der Waals surface area (Å²) in [5, 5.41) is 9.72. The molecule has 0 spiro atoms. The first kappa shape index (κ1) is 24.4. The highest BCUT2D eigenvalue weighted by Gasteiger charge is 2.28. The number of rotatable bonds is 9. The standard InChI is InChI=1S/C23H28N2O7S/c1-3-31-18-8-10-19(11-9-18)33(29,30)24-21-12-7-17(14-20(21)22(26)27)25-13-5-6-16(15-25)23(28)32-4-2/h7-12,14,16,24H,3-6,13,15H2,1-2H3,(H,26,27)/t16-/m0/s1. The normalized spacial score (nSPS) is 16.2. The van der Waals surface area contributed by atoms with Crippen molar-refractivity contribution in [3.05, 3.63) is 48.0 Å². The number of piperidine rings is 1. The summed E-state index contributed by atoms with van der Waals surface area (Å²) in [6.45, 7) is 5.41. The van der Waals surface area contributed by atoms with Crippen LogP contribution >= 0.6 is 0 Å². The maximum atomic E-state index is 12.8. The van der Waals surface area contributed by atoms with Gasteiger partial charge in [0.25, 0.3) is 10.0 Å². The van der Waals surface area contributed by atoms with Crippen molar-refractivity contribution in [3.8, 4) is 5.75 Å². The van der Waals surface area contributed by atoms with Crippen molar-refractivity contribution in [3.63, 3.8) is 0 Å². The van der Waals surface area contributed by atoms with E-state index in [0.717, 1.165) is 6.42 Å². The molecule has 0 aromatic heterocycles. The summed E-state index contributed by atoms with van der Waals surface area (Å²) in [6, 6.07) is 10.4. The molecule has 33 heavy (non-hydrogen) atoms. The van der Waals surface area contributed by atoms with E-state index in [1.807, 2.05) is 11.8 Å². The molecule has 0 saturated carbocycles. The molecule has 1 atom stereocenters. The molecule has 0 aliphatic carbocycles. The summed E-state index contributed by atoms with van der Waals surface area (Å²) in [4.78, 5) is 25.9. The van der Waals surface area contributed by atoms with Crippen LogP contribution in [0.2, 0.25) is 0 Å². The molecule has 2 aromatic carbocycles. The molecule has 1 aliphatic rings. The lowest BCUT2D eigenvalue weighted by Gasteiger charge is -2.33. The van der Waals surface area contributed by atoms with Gasteiger partial charge in [0.15, 0.2) is 0 Å². The van der Waals surface area contributed by atoms with Gasteiger partial charge in [-0.15, -0.1) is 0 Å². The van der Waals surface area contributed by atoms with Crippen LogP contribution in [0, 0.1) is 5.92 Å². The van der Waals surface area contributed by atoms with E-state index in [0.29, 0.717) is 44.2 Å². The predicted octanol–water partition coefficient (Wildman–Crippen LogP) is 3.36. The first-order valence-electron chi connectivity index (χ1n) is 10.8. The van der Waals surface area contributed by atoms with E-state index < -0.39 is 16.0 Å². The molecule has 1 heterocycles. The number of esters is 1. The lowest BCUT2D eigenvalue weighted by atomic mass is 9.97. The van der Waals surface area contributed by atoms with Gasteiger partial charge in [-0.3, -0.25) is 9.52 Å². The molecule has 1 saturated heterocycles. The molecule has 2 aromatic rings. The van der Waals surface area contributed by atoms with E-state index in [9.17, 15) is 23.1 Å². The second-order valence-electron chi connectivity index (χ2n) is 7.58. The van der Waals surface area contributed by atoms with Crippen molar-refractivity contribution in [1.29, 1.82) is 0 Å². The van der Waals surface area contributed by atoms with Crippen LogP contribution in [0.5, 0.6) is 5.75 Å². The van der Waals surface area contributed by atoms with Crippen LogP contribution in [-0.2, 0) is 19.6 Å². The number of benzene rings is 2. The van der Waals surface area contributed by atoms with Crippen molar-refractivity contribution >= 4 is 33.3 Å². The number of ether oxygens (including phenoxy) is 2. The number of carboxylic acid groups (broad SMARTS) is 1. The number of aromatic carboxylic acids is 1. The van der Waals surface area contributed by atoms with Crippen LogP contribution in [0.15, 0.2) is 47.4 Å². The first-order valence-corrected chi connectivity index (χ1v) is 12.3. The number of hydrogen-bond acceptors (Lipinski definition) is 7. The fourth-order valence-corrected chi connectivity index (χ4v) is 4.82. The van der Waals surface area contributed by atoms with Crippen molar-refractivity contribution in [2.75, 3.05) is 35.9 Å². The maximum absolute atomic E-state index is 12.8. The van der Waals surface area contributed by atoms with E-state index in [1.54, 1.807) is 13.0 Å². The number of carbonyl (C=O) groups excluding carboxylic acids is 1. The smallest absolute Gasteiger partial charge is 0.337 e. The lowest BCUT2D eigenvalue weighted by molar-refractivity contribution is -0.148. The number of anilines is 2. The SMILES string of the molecule is CCOC(=O)[C@H]1CCCN(c2ccc(NS(=O)(=O)c3ccc(OCC)cc3)c(C(=O)O)c2)C1. The van der Waals surface area contributed by atoms with Gasteiger partial charge < -0.3 is 19.5 Å². The van der Waals surface area contributed by atoms with Crippen LogP contribution in [0.1, 0.15) is 37.0 Å². The second-order valence-corrected chi connectivity index (χ2v) is 9.26. The molecule has 1 aliphatic heterocycles. The van der Waals surface area contributed by atoms with Crippen molar-refractivity contribution in [2.45, 2.75) is 31.6 Å². The molecule has 1 fully saturated rings. The summed E-state index contributed by atoms with van der Waals surface area (Å²) in [7, 11) is -4.01. The third-order valence-electron chi connectivity index (χ3n) is 5.33. The highest BCUT2D eigenvalue weighted by atomic mass is 32.2. The Labute approximate surface area is 193 Å². The Morgan fingerprint density at radius 2 is 1.85 bits per heavy atom. The van der Waals surface area contributed by atoms with Gasteiger partial charge in [0, 0.05) is 18.8 Å². The van der Waals surface area contributed by atoms with Gasteiger partial charge in [0.05, 0.1) is 35.3 Å². The molecule has 0 unspecified atom stereocenters. The minimum absolute atomic E-state index is 0.0142. The third kappa shape index (κ3) is 5.95. The zero-order valence-electron chi connectivity index (χ0n) is 18.6.